The van der Waals surface area contributed by atoms with Gasteiger partial charge in [-0.15, -0.1) is 0 Å². The second-order valence-electron chi connectivity index (χ2n) is 5.66. The maximum Gasteiger partial charge on any atom is 0.225 e. The summed E-state index contributed by atoms with van der Waals surface area (Å²) in [4.78, 5) is 4.62. The number of hydrogen-bond acceptors (Lipinski definition) is 4. The van der Waals surface area contributed by atoms with Crippen molar-refractivity contribution < 1.29 is 9.94 Å². The van der Waals surface area contributed by atoms with Crippen LogP contribution in [0, 0.1) is 0 Å². The number of hydrogen-bond donors (Lipinski definition) is 2. The van der Waals surface area contributed by atoms with Gasteiger partial charge >= 0.3 is 0 Å². The number of nitrogens with zero attached hydrogens (tertiary/aromatic N) is 2. The Labute approximate surface area is 118 Å². The van der Waals surface area contributed by atoms with E-state index in [9.17, 15) is 0 Å². The molecule has 3 N–H and O–H groups in total. The third-order valence-electron chi connectivity index (χ3n) is 4.23. The van der Waals surface area contributed by atoms with Crippen LogP contribution in [0.1, 0.15) is 55.3 Å². The zero-order valence-electron chi connectivity index (χ0n) is 11.6. The Morgan fingerprint density at radius 2 is 2.05 bits per heavy atom. The standard InChI is InChI=1S/C15H21N3O2/c16-14(18-19)12-9-10-5-4-8-13(10)17-15(12)20-11-6-2-1-3-7-11/h9,11,19H,1-8H2,(H2,16,18). The Morgan fingerprint density at radius 1 is 1.25 bits per heavy atom. The van der Waals surface area contributed by atoms with Crippen molar-refractivity contribution in [2.45, 2.75) is 57.5 Å². The number of oxime groups is 1. The van der Waals surface area contributed by atoms with Crippen LogP contribution in [0.2, 0.25) is 0 Å². The average molecular weight is 275 g/mol. The van der Waals surface area contributed by atoms with Crippen LogP contribution in [0.4, 0.5) is 0 Å². The van der Waals surface area contributed by atoms with E-state index < -0.39 is 0 Å². The Morgan fingerprint density at radius 3 is 2.80 bits per heavy atom. The fourth-order valence-electron chi connectivity index (χ4n) is 3.12. The zero-order chi connectivity index (χ0) is 13.9. The summed E-state index contributed by atoms with van der Waals surface area (Å²) >= 11 is 0. The molecule has 0 saturated heterocycles. The lowest BCUT2D eigenvalue weighted by molar-refractivity contribution is 0.148. The molecule has 0 unspecified atom stereocenters. The molecule has 0 spiro atoms. The monoisotopic (exact) mass is 275 g/mol. The van der Waals surface area contributed by atoms with Crippen LogP contribution in [0.15, 0.2) is 11.2 Å². The van der Waals surface area contributed by atoms with E-state index in [1.54, 1.807) is 0 Å². The van der Waals surface area contributed by atoms with Gasteiger partial charge in [0.05, 0.1) is 5.56 Å². The number of pyridine rings is 1. The van der Waals surface area contributed by atoms with Crippen LogP contribution >= 0.6 is 0 Å². The highest BCUT2D eigenvalue weighted by molar-refractivity contribution is 5.99. The molecule has 2 aliphatic carbocycles. The Kier molecular flexibility index (Phi) is 3.76. The van der Waals surface area contributed by atoms with Gasteiger partial charge in [-0.25, -0.2) is 4.98 Å². The van der Waals surface area contributed by atoms with E-state index >= 15 is 0 Å². The normalized spacial score (nSPS) is 19.9. The van der Waals surface area contributed by atoms with Crippen molar-refractivity contribution in [1.82, 2.24) is 4.98 Å². The lowest BCUT2D eigenvalue weighted by Gasteiger charge is -2.23. The van der Waals surface area contributed by atoms with Gasteiger partial charge < -0.3 is 15.7 Å². The molecule has 20 heavy (non-hydrogen) atoms. The molecule has 3 rings (SSSR count). The first-order chi connectivity index (χ1) is 9.78. The summed E-state index contributed by atoms with van der Waals surface area (Å²) in [7, 11) is 0. The number of aryl methyl sites for hydroxylation is 2. The van der Waals surface area contributed by atoms with E-state index in [1.165, 1.54) is 24.8 Å². The average Bonchev–Trinajstić information content (AvgIpc) is 2.94. The van der Waals surface area contributed by atoms with Crippen molar-refractivity contribution in [3.63, 3.8) is 0 Å². The fourth-order valence-corrected chi connectivity index (χ4v) is 3.12. The lowest BCUT2D eigenvalue weighted by Crippen LogP contribution is -2.23. The Balaban J connectivity index is 1.90. The highest BCUT2D eigenvalue weighted by Gasteiger charge is 2.22. The number of ether oxygens (including phenoxy) is 1. The molecule has 108 valence electrons. The van der Waals surface area contributed by atoms with Crippen molar-refractivity contribution in [2.24, 2.45) is 10.9 Å². The summed E-state index contributed by atoms with van der Waals surface area (Å²) in [5.74, 6) is 0.617. The van der Waals surface area contributed by atoms with E-state index in [0.29, 0.717) is 11.4 Å². The van der Waals surface area contributed by atoms with Crippen LogP contribution in [0.3, 0.4) is 0 Å². The number of amidine groups is 1. The zero-order valence-corrected chi connectivity index (χ0v) is 11.6. The molecular formula is C15H21N3O2. The maximum absolute atomic E-state index is 8.95. The summed E-state index contributed by atoms with van der Waals surface area (Å²) in [5, 5.41) is 12.1. The summed E-state index contributed by atoms with van der Waals surface area (Å²) in [6, 6.07) is 1.97. The molecule has 1 fully saturated rings. The van der Waals surface area contributed by atoms with Crippen molar-refractivity contribution in [3.8, 4) is 5.88 Å². The predicted octanol–water partition coefficient (Wildman–Crippen LogP) is 2.38. The molecule has 1 aromatic heterocycles. The molecule has 0 aliphatic heterocycles. The van der Waals surface area contributed by atoms with Gasteiger partial charge in [-0.05, 0) is 56.6 Å². The quantitative estimate of drug-likeness (QED) is 0.384. The summed E-state index contributed by atoms with van der Waals surface area (Å²) in [6.07, 6.45) is 9.15. The minimum absolute atomic E-state index is 0.0815. The summed E-state index contributed by atoms with van der Waals surface area (Å²) < 4.78 is 6.05. The third kappa shape index (κ3) is 2.57. The van der Waals surface area contributed by atoms with Crippen LogP contribution in [0.5, 0.6) is 5.88 Å². The highest BCUT2D eigenvalue weighted by Crippen LogP contribution is 2.29. The molecule has 0 amide bonds. The van der Waals surface area contributed by atoms with E-state index in [1.807, 2.05) is 6.07 Å². The molecule has 0 bridgehead atoms. The number of aromatic nitrogens is 1. The minimum atomic E-state index is 0.0815. The Hall–Kier alpha value is -1.78. The van der Waals surface area contributed by atoms with Crippen LogP contribution in [-0.4, -0.2) is 22.1 Å². The van der Waals surface area contributed by atoms with Gasteiger partial charge in [0.15, 0.2) is 5.84 Å². The van der Waals surface area contributed by atoms with E-state index in [0.717, 1.165) is 37.8 Å². The highest BCUT2D eigenvalue weighted by atomic mass is 16.5. The van der Waals surface area contributed by atoms with Crippen molar-refractivity contribution in [2.75, 3.05) is 0 Å². The lowest BCUT2D eigenvalue weighted by atomic mass is 9.98. The SMILES string of the molecule is NC(=NO)c1cc2c(nc1OC1CCCCC1)CCC2. The smallest absolute Gasteiger partial charge is 0.225 e. The topological polar surface area (TPSA) is 80.7 Å². The van der Waals surface area contributed by atoms with E-state index in [2.05, 4.69) is 10.1 Å². The van der Waals surface area contributed by atoms with Gasteiger partial charge in [-0.1, -0.05) is 11.6 Å². The molecule has 0 aromatic carbocycles. The van der Waals surface area contributed by atoms with Gasteiger partial charge in [0.1, 0.15) is 6.10 Å². The summed E-state index contributed by atoms with van der Waals surface area (Å²) in [6.45, 7) is 0. The van der Waals surface area contributed by atoms with Crippen molar-refractivity contribution in [1.29, 1.82) is 0 Å². The first-order valence-electron chi connectivity index (χ1n) is 7.45. The second kappa shape index (κ2) is 5.69. The van der Waals surface area contributed by atoms with E-state index in [4.69, 9.17) is 15.7 Å². The number of nitrogens with two attached hydrogens (primary N) is 1. The Bertz CT molecular complexity index is 522. The summed E-state index contributed by atoms with van der Waals surface area (Å²) in [5.41, 5.74) is 8.70. The molecule has 5 nitrogen and oxygen atoms in total. The van der Waals surface area contributed by atoms with Gasteiger partial charge in [-0.3, -0.25) is 0 Å². The second-order valence-corrected chi connectivity index (χ2v) is 5.66. The van der Waals surface area contributed by atoms with Crippen LogP contribution < -0.4 is 10.5 Å². The first kappa shape index (κ1) is 13.2. The number of rotatable bonds is 3. The molecule has 1 heterocycles. The maximum atomic E-state index is 8.95. The minimum Gasteiger partial charge on any atom is -0.474 e. The molecule has 5 heteroatoms. The molecule has 0 atom stereocenters. The first-order valence-corrected chi connectivity index (χ1v) is 7.45. The van der Waals surface area contributed by atoms with Gasteiger partial charge in [0.25, 0.3) is 0 Å². The van der Waals surface area contributed by atoms with Crippen LogP contribution in [-0.2, 0) is 12.8 Å². The van der Waals surface area contributed by atoms with Gasteiger partial charge in [0, 0.05) is 5.69 Å². The molecule has 0 radical (unpaired) electrons. The van der Waals surface area contributed by atoms with Crippen molar-refractivity contribution >= 4 is 5.84 Å². The molecular weight excluding hydrogens is 254 g/mol. The van der Waals surface area contributed by atoms with E-state index in [-0.39, 0.29) is 11.9 Å². The van der Waals surface area contributed by atoms with Gasteiger partial charge in [-0.2, -0.15) is 0 Å². The predicted molar refractivity (Wildman–Crippen MR) is 76.3 cm³/mol. The largest absolute Gasteiger partial charge is 0.474 e. The fraction of sp³-hybridized carbons (Fsp3) is 0.600. The van der Waals surface area contributed by atoms with Gasteiger partial charge in [0.2, 0.25) is 5.88 Å². The molecule has 1 aromatic rings. The van der Waals surface area contributed by atoms with Crippen LogP contribution in [0.25, 0.3) is 0 Å². The third-order valence-corrected chi connectivity index (χ3v) is 4.23. The molecule has 2 aliphatic rings. The number of fused-ring (bicyclic) bond motifs is 1. The molecule has 1 saturated carbocycles. The van der Waals surface area contributed by atoms with Crippen molar-refractivity contribution in [3.05, 3.63) is 22.9 Å².